The molecule has 1 amide bonds. The Morgan fingerprint density at radius 1 is 1.15 bits per heavy atom. The second-order valence-corrected chi connectivity index (χ2v) is 6.02. The molecular formula is C19H17ClFNO5. The maximum atomic E-state index is 13.0. The van der Waals surface area contributed by atoms with E-state index in [-0.39, 0.29) is 16.5 Å². The zero-order valence-electron chi connectivity index (χ0n) is 14.6. The van der Waals surface area contributed by atoms with Crippen molar-refractivity contribution in [1.82, 2.24) is 0 Å². The van der Waals surface area contributed by atoms with Crippen molar-refractivity contribution < 1.29 is 28.2 Å². The summed E-state index contributed by atoms with van der Waals surface area (Å²) in [6.45, 7) is 2.42. The summed E-state index contributed by atoms with van der Waals surface area (Å²) in [5.41, 5.74) is 0.724. The third kappa shape index (κ3) is 6.07. The van der Waals surface area contributed by atoms with Crippen LogP contribution in [0.4, 0.5) is 10.1 Å². The average molecular weight is 394 g/mol. The van der Waals surface area contributed by atoms with Gasteiger partial charge in [-0.1, -0.05) is 11.6 Å². The molecular weight excluding hydrogens is 377 g/mol. The van der Waals surface area contributed by atoms with Gasteiger partial charge >= 0.3 is 5.97 Å². The number of carbonyl (C=O) groups is 3. The van der Waals surface area contributed by atoms with E-state index in [9.17, 15) is 18.8 Å². The molecule has 2 rings (SSSR count). The zero-order valence-corrected chi connectivity index (χ0v) is 15.4. The molecule has 2 aromatic carbocycles. The van der Waals surface area contributed by atoms with Crippen molar-refractivity contribution in [2.24, 2.45) is 0 Å². The molecule has 0 aromatic heterocycles. The molecule has 0 saturated heterocycles. The molecule has 0 fully saturated rings. The van der Waals surface area contributed by atoms with Crippen LogP contribution in [0.25, 0.3) is 0 Å². The minimum Gasteiger partial charge on any atom is -0.482 e. The molecule has 8 heteroatoms. The Bertz CT molecular complexity index is 854. The van der Waals surface area contributed by atoms with Crippen LogP contribution in [0.15, 0.2) is 42.5 Å². The summed E-state index contributed by atoms with van der Waals surface area (Å²) in [5, 5.41) is 2.47. The van der Waals surface area contributed by atoms with Gasteiger partial charge in [0.25, 0.3) is 5.91 Å². The summed E-state index contributed by atoms with van der Waals surface area (Å²) in [6.07, 6.45) is -1.11. The SMILES string of the molecule is CC(=O)c1ccc(OCC(=O)O[C@@H](C)C(=O)Nc2ccc(F)cc2Cl)cc1. The van der Waals surface area contributed by atoms with Crippen LogP contribution in [0.2, 0.25) is 5.02 Å². The number of ether oxygens (including phenoxy) is 2. The second-order valence-electron chi connectivity index (χ2n) is 5.61. The van der Waals surface area contributed by atoms with Gasteiger partial charge in [0, 0.05) is 5.56 Å². The van der Waals surface area contributed by atoms with Crippen LogP contribution in [-0.2, 0) is 14.3 Å². The maximum absolute atomic E-state index is 13.0. The predicted molar refractivity (Wildman–Crippen MR) is 97.5 cm³/mol. The first-order valence-corrected chi connectivity index (χ1v) is 8.33. The fraction of sp³-hybridized carbons (Fsp3) is 0.211. The number of Topliss-reactive ketones (excluding diaryl/α,β-unsaturated/α-hetero) is 1. The van der Waals surface area contributed by atoms with Crippen LogP contribution < -0.4 is 10.1 Å². The number of hydrogen-bond donors (Lipinski definition) is 1. The number of nitrogens with one attached hydrogen (secondary N) is 1. The van der Waals surface area contributed by atoms with E-state index >= 15 is 0 Å². The number of benzene rings is 2. The smallest absolute Gasteiger partial charge is 0.344 e. The summed E-state index contributed by atoms with van der Waals surface area (Å²) >= 11 is 5.83. The van der Waals surface area contributed by atoms with Gasteiger partial charge in [0.05, 0.1) is 10.7 Å². The normalized spacial score (nSPS) is 11.4. The van der Waals surface area contributed by atoms with E-state index in [0.29, 0.717) is 11.3 Å². The molecule has 0 saturated carbocycles. The molecule has 0 aliphatic heterocycles. The van der Waals surface area contributed by atoms with E-state index in [2.05, 4.69) is 5.32 Å². The Balaban J connectivity index is 1.83. The molecule has 0 heterocycles. The predicted octanol–water partition coefficient (Wildman–Crippen LogP) is 3.63. The van der Waals surface area contributed by atoms with E-state index < -0.39 is 30.4 Å². The standard InChI is InChI=1S/C19H17ClFNO5/c1-11(23)13-3-6-15(7-4-13)26-10-18(24)27-12(2)19(25)22-17-8-5-14(21)9-16(17)20/h3-9,12H,10H2,1-2H3,(H,22,25)/t12-/m0/s1. The van der Waals surface area contributed by atoms with Crippen molar-refractivity contribution in [3.63, 3.8) is 0 Å². The van der Waals surface area contributed by atoms with Crippen molar-refractivity contribution in [1.29, 1.82) is 0 Å². The van der Waals surface area contributed by atoms with Crippen molar-refractivity contribution in [3.8, 4) is 5.75 Å². The number of halogens is 2. The molecule has 0 spiro atoms. The monoisotopic (exact) mass is 393 g/mol. The number of amides is 1. The quantitative estimate of drug-likeness (QED) is 0.573. The Morgan fingerprint density at radius 2 is 1.81 bits per heavy atom. The van der Waals surface area contributed by atoms with Gasteiger partial charge in [-0.05, 0) is 56.3 Å². The summed E-state index contributed by atoms with van der Waals surface area (Å²) in [5.74, 6) is -1.61. The fourth-order valence-corrected chi connectivity index (χ4v) is 2.25. The first-order valence-electron chi connectivity index (χ1n) is 7.95. The van der Waals surface area contributed by atoms with Crippen LogP contribution in [-0.4, -0.2) is 30.4 Å². The van der Waals surface area contributed by atoms with Crippen LogP contribution in [0.1, 0.15) is 24.2 Å². The van der Waals surface area contributed by atoms with Gasteiger partial charge in [-0.25, -0.2) is 9.18 Å². The van der Waals surface area contributed by atoms with Crippen LogP contribution >= 0.6 is 11.6 Å². The van der Waals surface area contributed by atoms with Gasteiger partial charge in [0.15, 0.2) is 18.5 Å². The Morgan fingerprint density at radius 3 is 2.41 bits per heavy atom. The van der Waals surface area contributed by atoms with Crippen molar-refractivity contribution in [2.75, 3.05) is 11.9 Å². The number of ketones is 1. The summed E-state index contributed by atoms with van der Waals surface area (Å²) in [4.78, 5) is 35.1. The number of esters is 1. The topological polar surface area (TPSA) is 81.7 Å². The summed E-state index contributed by atoms with van der Waals surface area (Å²) in [7, 11) is 0. The molecule has 0 radical (unpaired) electrons. The molecule has 6 nitrogen and oxygen atoms in total. The van der Waals surface area contributed by atoms with E-state index in [1.54, 1.807) is 24.3 Å². The average Bonchev–Trinajstić information content (AvgIpc) is 2.62. The number of rotatable bonds is 7. The highest BCUT2D eigenvalue weighted by atomic mass is 35.5. The van der Waals surface area contributed by atoms with Crippen molar-refractivity contribution >= 4 is 34.9 Å². The second kappa shape index (κ2) is 9.14. The lowest BCUT2D eigenvalue weighted by molar-refractivity contribution is -0.155. The first kappa shape index (κ1) is 20.4. The van der Waals surface area contributed by atoms with Crippen molar-refractivity contribution in [2.45, 2.75) is 20.0 Å². The Kier molecular flexibility index (Phi) is 6.90. The van der Waals surface area contributed by atoms with E-state index in [4.69, 9.17) is 21.1 Å². The lowest BCUT2D eigenvalue weighted by atomic mass is 10.1. The van der Waals surface area contributed by atoms with E-state index in [1.807, 2.05) is 0 Å². The van der Waals surface area contributed by atoms with Gasteiger partial charge in [-0.15, -0.1) is 0 Å². The van der Waals surface area contributed by atoms with E-state index in [0.717, 1.165) is 12.1 Å². The zero-order chi connectivity index (χ0) is 20.0. The third-order valence-corrected chi connectivity index (χ3v) is 3.80. The summed E-state index contributed by atoms with van der Waals surface area (Å²) in [6, 6.07) is 9.75. The largest absolute Gasteiger partial charge is 0.482 e. The molecule has 0 bridgehead atoms. The van der Waals surface area contributed by atoms with Crippen molar-refractivity contribution in [3.05, 3.63) is 58.9 Å². The molecule has 142 valence electrons. The lowest BCUT2D eigenvalue weighted by Gasteiger charge is -2.14. The Labute approximate surface area is 160 Å². The fourth-order valence-electron chi connectivity index (χ4n) is 2.04. The van der Waals surface area contributed by atoms with Gasteiger partial charge in [0.2, 0.25) is 0 Å². The van der Waals surface area contributed by atoms with E-state index in [1.165, 1.54) is 19.9 Å². The molecule has 0 unspecified atom stereocenters. The minimum absolute atomic E-state index is 0.0271. The molecule has 0 aliphatic rings. The minimum atomic E-state index is -1.11. The highest BCUT2D eigenvalue weighted by Crippen LogP contribution is 2.22. The number of carbonyl (C=O) groups excluding carboxylic acids is 3. The third-order valence-electron chi connectivity index (χ3n) is 3.48. The highest BCUT2D eigenvalue weighted by Gasteiger charge is 2.19. The van der Waals surface area contributed by atoms with Crippen LogP contribution in [0.5, 0.6) is 5.75 Å². The van der Waals surface area contributed by atoms with Gasteiger partial charge in [0.1, 0.15) is 11.6 Å². The lowest BCUT2D eigenvalue weighted by Crippen LogP contribution is -2.31. The molecule has 1 atom stereocenters. The van der Waals surface area contributed by atoms with Crippen LogP contribution in [0.3, 0.4) is 0 Å². The maximum Gasteiger partial charge on any atom is 0.344 e. The summed E-state index contributed by atoms with van der Waals surface area (Å²) < 4.78 is 23.2. The van der Waals surface area contributed by atoms with Crippen LogP contribution in [0, 0.1) is 5.82 Å². The van der Waals surface area contributed by atoms with Gasteiger partial charge in [-0.2, -0.15) is 0 Å². The van der Waals surface area contributed by atoms with Gasteiger partial charge in [-0.3, -0.25) is 9.59 Å². The highest BCUT2D eigenvalue weighted by molar-refractivity contribution is 6.33. The molecule has 0 aliphatic carbocycles. The molecule has 2 aromatic rings. The Hall–Kier alpha value is -2.93. The number of hydrogen-bond acceptors (Lipinski definition) is 5. The van der Waals surface area contributed by atoms with Gasteiger partial charge < -0.3 is 14.8 Å². The molecule has 1 N–H and O–H groups in total. The number of anilines is 1. The molecule has 27 heavy (non-hydrogen) atoms. The first-order chi connectivity index (χ1) is 12.8.